The van der Waals surface area contributed by atoms with Gasteiger partial charge in [-0.3, -0.25) is 14.4 Å². The summed E-state index contributed by atoms with van der Waals surface area (Å²) in [5.74, 6) is -2.68. The van der Waals surface area contributed by atoms with E-state index in [1.54, 1.807) is 30.3 Å². The summed E-state index contributed by atoms with van der Waals surface area (Å²) in [5, 5.41) is 14.2. The average molecular weight is 332 g/mol. The Labute approximate surface area is 153 Å². The van der Waals surface area contributed by atoms with Gasteiger partial charge >= 0.3 is 29.6 Å². The van der Waals surface area contributed by atoms with E-state index in [-0.39, 0.29) is 47.0 Å². The standard InChI is InChI=1S/C13H14N2O5S.Na/c16-10(15-7-12(18)19)6-14-11(17)8-21-13(20)9-4-2-1-3-5-9;/h1-5H,6-8H2,(H,14,17)(H,15,16)(H,18,19);/q;+1/p-1. The van der Waals surface area contributed by atoms with Crippen LogP contribution in [-0.4, -0.2) is 41.7 Å². The molecule has 0 saturated heterocycles. The van der Waals surface area contributed by atoms with Crippen molar-refractivity contribution in [2.45, 2.75) is 0 Å². The second-order valence-corrected chi connectivity index (χ2v) is 4.82. The molecular formula is C13H13N2NaO5S. The van der Waals surface area contributed by atoms with Crippen LogP contribution in [0.15, 0.2) is 30.3 Å². The Kier molecular flexibility index (Phi) is 10.6. The normalized spacial score (nSPS) is 9.27. The molecule has 2 N–H and O–H groups in total. The van der Waals surface area contributed by atoms with Crippen LogP contribution in [0.4, 0.5) is 0 Å². The molecule has 1 rings (SSSR count). The molecule has 2 amide bonds. The Bertz CT molecular complexity index is 538. The summed E-state index contributed by atoms with van der Waals surface area (Å²) in [6, 6.07) is 8.49. The molecule has 0 unspecified atom stereocenters. The number of amides is 2. The zero-order valence-electron chi connectivity index (χ0n) is 12.0. The van der Waals surface area contributed by atoms with Crippen LogP contribution in [0.1, 0.15) is 10.4 Å². The van der Waals surface area contributed by atoms with Crippen molar-refractivity contribution >= 4 is 34.7 Å². The molecule has 1 aromatic carbocycles. The zero-order chi connectivity index (χ0) is 15.7. The number of rotatable bonds is 7. The number of hydrogen-bond acceptors (Lipinski definition) is 6. The fraction of sp³-hybridized carbons (Fsp3) is 0.231. The first-order valence-electron chi connectivity index (χ1n) is 5.94. The Morgan fingerprint density at radius 1 is 0.955 bits per heavy atom. The molecule has 0 saturated carbocycles. The van der Waals surface area contributed by atoms with E-state index in [0.29, 0.717) is 5.56 Å². The molecule has 0 aliphatic rings. The molecule has 0 spiro atoms. The van der Waals surface area contributed by atoms with Crippen LogP contribution in [0.3, 0.4) is 0 Å². The van der Waals surface area contributed by atoms with Gasteiger partial charge in [0.25, 0.3) is 0 Å². The first-order valence-corrected chi connectivity index (χ1v) is 6.93. The topological polar surface area (TPSA) is 115 Å². The van der Waals surface area contributed by atoms with E-state index in [9.17, 15) is 24.3 Å². The van der Waals surface area contributed by atoms with Gasteiger partial charge < -0.3 is 20.5 Å². The van der Waals surface area contributed by atoms with Crippen molar-refractivity contribution in [1.82, 2.24) is 10.6 Å². The van der Waals surface area contributed by atoms with Crippen LogP contribution in [0.5, 0.6) is 0 Å². The second kappa shape index (κ2) is 11.2. The molecule has 1 aromatic rings. The minimum Gasteiger partial charge on any atom is -0.548 e. The van der Waals surface area contributed by atoms with Crippen LogP contribution in [0.2, 0.25) is 0 Å². The third kappa shape index (κ3) is 8.83. The number of nitrogens with one attached hydrogen (secondary N) is 2. The van der Waals surface area contributed by atoms with Gasteiger partial charge in [0, 0.05) is 5.56 Å². The number of carboxylic acid groups (broad SMARTS) is 1. The maximum absolute atomic E-state index is 11.7. The van der Waals surface area contributed by atoms with Gasteiger partial charge in [-0.25, -0.2) is 0 Å². The molecule has 112 valence electrons. The number of carbonyl (C=O) groups excluding carboxylic acids is 4. The van der Waals surface area contributed by atoms with Crippen molar-refractivity contribution in [3.05, 3.63) is 35.9 Å². The largest absolute Gasteiger partial charge is 1.00 e. The SMILES string of the molecule is O=C([O-])CNC(=O)CNC(=O)CSC(=O)c1ccccc1.[Na+]. The third-order valence-electron chi connectivity index (χ3n) is 2.22. The Morgan fingerprint density at radius 3 is 2.14 bits per heavy atom. The van der Waals surface area contributed by atoms with Crippen LogP contribution in [0, 0.1) is 0 Å². The Morgan fingerprint density at radius 2 is 1.55 bits per heavy atom. The van der Waals surface area contributed by atoms with Crippen LogP contribution in [0.25, 0.3) is 0 Å². The number of hydrogen-bond donors (Lipinski definition) is 2. The van der Waals surface area contributed by atoms with E-state index in [1.807, 2.05) is 5.32 Å². The minimum absolute atomic E-state index is 0. The number of benzene rings is 1. The summed E-state index contributed by atoms with van der Waals surface area (Å²) in [5.41, 5.74) is 0.488. The number of carboxylic acids is 1. The molecule has 9 heteroatoms. The van der Waals surface area contributed by atoms with Crippen molar-refractivity contribution in [3.63, 3.8) is 0 Å². The van der Waals surface area contributed by atoms with Gasteiger partial charge in [-0.1, -0.05) is 42.1 Å². The Balaban J connectivity index is 0.00000441. The summed E-state index contributed by atoms with van der Waals surface area (Å²) in [4.78, 5) is 44.3. The van der Waals surface area contributed by atoms with Crippen molar-refractivity contribution in [3.8, 4) is 0 Å². The van der Waals surface area contributed by atoms with Crippen LogP contribution in [-0.2, 0) is 14.4 Å². The van der Waals surface area contributed by atoms with Gasteiger partial charge in [0.05, 0.1) is 24.8 Å². The predicted octanol–water partition coefficient (Wildman–Crippen LogP) is -4.45. The van der Waals surface area contributed by atoms with E-state index < -0.39 is 24.3 Å². The fourth-order valence-corrected chi connectivity index (χ4v) is 1.92. The van der Waals surface area contributed by atoms with Gasteiger partial charge in [0.15, 0.2) is 0 Å². The molecule has 0 atom stereocenters. The van der Waals surface area contributed by atoms with Crippen molar-refractivity contribution < 1.29 is 53.8 Å². The summed E-state index contributed by atoms with van der Waals surface area (Å²) < 4.78 is 0. The number of carbonyl (C=O) groups is 4. The van der Waals surface area contributed by atoms with Crippen LogP contribution >= 0.6 is 11.8 Å². The van der Waals surface area contributed by atoms with Crippen molar-refractivity contribution in [2.24, 2.45) is 0 Å². The van der Waals surface area contributed by atoms with E-state index >= 15 is 0 Å². The summed E-state index contributed by atoms with van der Waals surface area (Å²) in [6.45, 7) is -0.970. The van der Waals surface area contributed by atoms with E-state index in [1.165, 1.54) is 0 Å². The third-order valence-corrected chi connectivity index (χ3v) is 3.12. The Hall–Kier alpha value is -1.35. The molecule has 0 fully saturated rings. The molecule has 0 radical (unpaired) electrons. The van der Waals surface area contributed by atoms with E-state index in [0.717, 1.165) is 11.8 Å². The first-order chi connectivity index (χ1) is 9.99. The first kappa shape index (κ1) is 20.6. The molecule has 0 heterocycles. The number of thioether (sulfide) groups is 1. The molecule has 22 heavy (non-hydrogen) atoms. The monoisotopic (exact) mass is 332 g/mol. The van der Waals surface area contributed by atoms with E-state index in [4.69, 9.17) is 0 Å². The van der Waals surface area contributed by atoms with Gasteiger partial charge in [0.1, 0.15) is 0 Å². The molecule has 0 bridgehead atoms. The molecule has 7 nitrogen and oxygen atoms in total. The van der Waals surface area contributed by atoms with Crippen LogP contribution < -0.4 is 45.3 Å². The summed E-state index contributed by atoms with van der Waals surface area (Å²) in [6.07, 6.45) is 0. The van der Waals surface area contributed by atoms with E-state index in [2.05, 4.69) is 5.32 Å². The van der Waals surface area contributed by atoms with Crippen molar-refractivity contribution in [2.75, 3.05) is 18.8 Å². The summed E-state index contributed by atoms with van der Waals surface area (Å²) >= 11 is 0.821. The predicted molar refractivity (Wildman–Crippen MR) is 74.3 cm³/mol. The zero-order valence-corrected chi connectivity index (χ0v) is 14.8. The van der Waals surface area contributed by atoms with Gasteiger partial charge in [-0.15, -0.1) is 0 Å². The molecule has 0 aliphatic carbocycles. The molecule has 0 aliphatic heterocycles. The number of aliphatic carboxylic acids is 1. The fourth-order valence-electron chi connectivity index (χ4n) is 1.25. The average Bonchev–Trinajstić information content (AvgIpc) is 2.49. The second-order valence-electron chi connectivity index (χ2n) is 3.87. The molecule has 0 aromatic heterocycles. The van der Waals surface area contributed by atoms with Gasteiger partial charge in [0.2, 0.25) is 16.9 Å². The maximum Gasteiger partial charge on any atom is 1.00 e. The van der Waals surface area contributed by atoms with Crippen molar-refractivity contribution in [1.29, 1.82) is 0 Å². The minimum atomic E-state index is -1.42. The van der Waals surface area contributed by atoms with Gasteiger partial charge in [-0.2, -0.15) is 0 Å². The van der Waals surface area contributed by atoms with Gasteiger partial charge in [-0.05, 0) is 0 Å². The smallest absolute Gasteiger partial charge is 0.548 e. The molecular weight excluding hydrogens is 319 g/mol. The maximum atomic E-state index is 11.7. The quantitative estimate of drug-likeness (QED) is 0.487. The summed E-state index contributed by atoms with van der Waals surface area (Å²) in [7, 11) is 0.